The second-order valence-electron chi connectivity index (χ2n) is 6.35. The maximum Gasteiger partial charge on any atom is 0.258 e. The van der Waals surface area contributed by atoms with Crippen LogP contribution in [0, 0.1) is 20.8 Å². The quantitative estimate of drug-likeness (QED) is 0.724. The minimum Gasteiger partial charge on any atom is -0.350 e. The molecule has 0 fully saturated rings. The molecular weight excluding hydrogens is 324 g/mol. The summed E-state index contributed by atoms with van der Waals surface area (Å²) in [5.74, 6) is 0.278. The SMILES string of the molecule is Cc1ccc(C)c(NC(=O)c2cnc(NCc3ccccc3C)nc2)c1. The van der Waals surface area contributed by atoms with Crippen LogP contribution in [0.5, 0.6) is 0 Å². The fourth-order valence-electron chi connectivity index (χ4n) is 2.58. The van der Waals surface area contributed by atoms with Gasteiger partial charge in [-0.15, -0.1) is 0 Å². The molecule has 3 rings (SSSR count). The fraction of sp³-hybridized carbons (Fsp3) is 0.190. The molecule has 2 aromatic carbocycles. The van der Waals surface area contributed by atoms with Crippen LogP contribution in [0.1, 0.15) is 32.6 Å². The van der Waals surface area contributed by atoms with Gasteiger partial charge in [0.15, 0.2) is 0 Å². The van der Waals surface area contributed by atoms with Gasteiger partial charge in [0.25, 0.3) is 5.91 Å². The van der Waals surface area contributed by atoms with Gasteiger partial charge in [0.05, 0.1) is 5.56 Å². The van der Waals surface area contributed by atoms with Crippen molar-refractivity contribution in [2.24, 2.45) is 0 Å². The Morgan fingerprint density at radius 2 is 1.69 bits per heavy atom. The van der Waals surface area contributed by atoms with Gasteiger partial charge in [-0.05, 0) is 49.1 Å². The molecule has 1 amide bonds. The van der Waals surface area contributed by atoms with Gasteiger partial charge in [-0.3, -0.25) is 4.79 Å². The van der Waals surface area contributed by atoms with E-state index >= 15 is 0 Å². The highest BCUT2D eigenvalue weighted by Crippen LogP contribution is 2.17. The van der Waals surface area contributed by atoms with E-state index in [1.807, 2.05) is 44.2 Å². The second-order valence-corrected chi connectivity index (χ2v) is 6.35. The van der Waals surface area contributed by atoms with Crippen LogP contribution in [0.2, 0.25) is 0 Å². The number of nitrogens with one attached hydrogen (secondary N) is 2. The molecule has 0 aliphatic heterocycles. The number of benzene rings is 2. The molecular formula is C21H22N4O. The average molecular weight is 346 g/mol. The number of carbonyl (C=O) groups excluding carboxylic acids is 1. The summed E-state index contributed by atoms with van der Waals surface area (Å²) in [6.45, 7) is 6.66. The molecule has 0 saturated heterocycles. The van der Waals surface area contributed by atoms with Gasteiger partial charge in [-0.25, -0.2) is 9.97 Å². The maximum absolute atomic E-state index is 12.4. The molecule has 2 N–H and O–H groups in total. The Hall–Kier alpha value is -3.21. The van der Waals surface area contributed by atoms with Gasteiger partial charge in [0.1, 0.15) is 0 Å². The van der Waals surface area contributed by atoms with Crippen molar-refractivity contribution in [3.8, 4) is 0 Å². The van der Waals surface area contributed by atoms with E-state index in [9.17, 15) is 4.79 Å². The Morgan fingerprint density at radius 1 is 0.962 bits per heavy atom. The molecule has 0 radical (unpaired) electrons. The Labute approximate surface area is 153 Å². The third-order valence-electron chi connectivity index (χ3n) is 4.25. The average Bonchev–Trinajstić information content (AvgIpc) is 2.64. The zero-order chi connectivity index (χ0) is 18.5. The summed E-state index contributed by atoms with van der Waals surface area (Å²) in [6, 6.07) is 14.1. The van der Waals surface area contributed by atoms with Crippen molar-refractivity contribution in [1.29, 1.82) is 0 Å². The molecule has 26 heavy (non-hydrogen) atoms. The van der Waals surface area contributed by atoms with Crippen LogP contribution in [0.4, 0.5) is 11.6 Å². The van der Waals surface area contributed by atoms with Crippen molar-refractivity contribution in [3.05, 3.63) is 82.7 Å². The molecule has 5 heteroatoms. The minimum atomic E-state index is -0.218. The molecule has 1 heterocycles. The number of rotatable bonds is 5. The van der Waals surface area contributed by atoms with Crippen molar-refractivity contribution in [2.45, 2.75) is 27.3 Å². The normalized spacial score (nSPS) is 10.4. The summed E-state index contributed by atoms with van der Waals surface area (Å²) in [7, 11) is 0. The third kappa shape index (κ3) is 4.25. The largest absolute Gasteiger partial charge is 0.350 e. The van der Waals surface area contributed by atoms with Crippen LogP contribution in [-0.2, 0) is 6.54 Å². The lowest BCUT2D eigenvalue weighted by Crippen LogP contribution is -2.14. The highest BCUT2D eigenvalue weighted by molar-refractivity contribution is 6.04. The number of amides is 1. The number of anilines is 2. The first-order chi connectivity index (χ1) is 12.5. The summed E-state index contributed by atoms with van der Waals surface area (Å²) in [4.78, 5) is 20.9. The van der Waals surface area contributed by atoms with Gasteiger partial charge in [0.2, 0.25) is 5.95 Å². The maximum atomic E-state index is 12.4. The number of aromatic nitrogens is 2. The first-order valence-corrected chi connectivity index (χ1v) is 8.52. The highest BCUT2D eigenvalue weighted by Gasteiger charge is 2.09. The van der Waals surface area contributed by atoms with E-state index in [2.05, 4.69) is 39.7 Å². The molecule has 0 aliphatic rings. The van der Waals surface area contributed by atoms with Gasteiger partial charge < -0.3 is 10.6 Å². The van der Waals surface area contributed by atoms with Crippen LogP contribution in [0.3, 0.4) is 0 Å². The van der Waals surface area contributed by atoms with Gasteiger partial charge >= 0.3 is 0 Å². The number of carbonyl (C=O) groups is 1. The summed E-state index contributed by atoms with van der Waals surface area (Å²) >= 11 is 0. The van der Waals surface area contributed by atoms with Crippen molar-refractivity contribution < 1.29 is 4.79 Å². The monoisotopic (exact) mass is 346 g/mol. The predicted octanol–water partition coefficient (Wildman–Crippen LogP) is 4.27. The molecule has 0 saturated carbocycles. The number of hydrogen-bond acceptors (Lipinski definition) is 4. The van der Waals surface area contributed by atoms with Crippen molar-refractivity contribution in [1.82, 2.24) is 9.97 Å². The Kier molecular flexibility index (Phi) is 5.27. The van der Waals surface area contributed by atoms with E-state index in [1.54, 1.807) is 0 Å². The first kappa shape index (κ1) is 17.6. The van der Waals surface area contributed by atoms with Crippen LogP contribution in [0.25, 0.3) is 0 Å². The van der Waals surface area contributed by atoms with Gasteiger partial charge in [0, 0.05) is 24.6 Å². The van der Waals surface area contributed by atoms with E-state index < -0.39 is 0 Å². The number of aryl methyl sites for hydroxylation is 3. The van der Waals surface area contributed by atoms with Crippen molar-refractivity contribution in [2.75, 3.05) is 10.6 Å². The molecule has 0 unspecified atom stereocenters. The van der Waals surface area contributed by atoms with Crippen LogP contribution >= 0.6 is 0 Å². The lowest BCUT2D eigenvalue weighted by molar-refractivity contribution is 0.102. The number of hydrogen-bond donors (Lipinski definition) is 2. The molecule has 3 aromatic rings. The topological polar surface area (TPSA) is 66.9 Å². The van der Waals surface area contributed by atoms with Crippen molar-refractivity contribution >= 4 is 17.5 Å². The zero-order valence-electron chi connectivity index (χ0n) is 15.2. The van der Waals surface area contributed by atoms with Crippen LogP contribution in [-0.4, -0.2) is 15.9 Å². The molecule has 0 aliphatic carbocycles. The van der Waals surface area contributed by atoms with E-state index in [0.717, 1.165) is 16.8 Å². The summed E-state index contributed by atoms with van der Waals surface area (Å²) in [5, 5.41) is 6.09. The van der Waals surface area contributed by atoms with Gasteiger partial charge in [-0.2, -0.15) is 0 Å². The third-order valence-corrected chi connectivity index (χ3v) is 4.25. The smallest absolute Gasteiger partial charge is 0.258 e. The number of nitrogens with zero attached hydrogens (tertiary/aromatic N) is 2. The lowest BCUT2D eigenvalue weighted by atomic mass is 10.1. The summed E-state index contributed by atoms with van der Waals surface area (Å²) in [6.07, 6.45) is 3.07. The predicted molar refractivity (Wildman–Crippen MR) is 104 cm³/mol. The summed E-state index contributed by atoms with van der Waals surface area (Å²) < 4.78 is 0. The Morgan fingerprint density at radius 3 is 2.42 bits per heavy atom. The van der Waals surface area contributed by atoms with Crippen molar-refractivity contribution in [3.63, 3.8) is 0 Å². The fourth-order valence-corrected chi connectivity index (χ4v) is 2.58. The standard InChI is InChI=1S/C21H22N4O/c1-14-8-9-16(3)19(10-14)25-20(26)18-12-23-21(24-13-18)22-11-17-7-5-4-6-15(17)2/h4-10,12-13H,11H2,1-3H3,(H,25,26)(H,22,23,24). The molecule has 0 bridgehead atoms. The van der Waals surface area contributed by atoms with E-state index in [-0.39, 0.29) is 5.91 Å². The van der Waals surface area contributed by atoms with E-state index in [0.29, 0.717) is 18.1 Å². The minimum absolute atomic E-state index is 0.218. The first-order valence-electron chi connectivity index (χ1n) is 8.52. The molecule has 132 valence electrons. The van der Waals surface area contributed by atoms with Crippen LogP contribution in [0.15, 0.2) is 54.9 Å². The van der Waals surface area contributed by atoms with E-state index in [4.69, 9.17) is 0 Å². The Balaban J connectivity index is 1.64. The van der Waals surface area contributed by atoms with Gasteiger partial charge in [-0.1, -0.05) is 36.4 Å². The molecule has 0 spiro atoms. The lowest BCUT2D eigenvalue weighted by Gasteiger charge is -2.10. The van der Waals surface area contributed by atoms with Crippen LogP contribution < -0.4 is 10.6 Å². The molecule has 1 aromatic heterocycles. The summed E-state index contributed by atoms with van der Waals surface area (Å²) in [5.41, 5.74) is 5.74. The van der Waals surface area contributed by atoms with E-state index in [1.165, 1.54) is 23.5 Å². The second kappa shape index (κ2) is 7.78. The molecule has 0 atom stereocenters. The zero-order valence-corrected chi connectivity index (χ0v) is 15.2. The Bertz CT molecular complexity index is 920. The highest BCUT2D eigenvalue weighted by atomic mass is 16.1. The molecule has 5 nitrogen and oxygen atoms in total.